The van der Waals surface area contributed by atoms with E-state index in [4.69, 9.17) is 16.0 Å². The van der Waals surface area contributed by atoms with Crippen LogP contribution in [0.2, 0.25) is 5.15 Å². The number of hydrogen-bond acceptors (Lipinski definition) is 4. The number of pyridine rings is 1. The van der Waals surface area contributed by atoms with Gasteiger partial charge in [-0.2, -0.15) is 0 Å². The van der Waals surface area contributed by atoms with Crippen LogP contribution in [0.25, 0.3) is 0 Å². The molecule has 6 heteroatoms. The van der Waals surface area contributed by atoms with E-state index in [9.17, 15) is 4.79 Å². The zero-order valence-electron chi connectivity index (χ0n) is 9.11. The first kappa shape index (κ1) is 11.6. The molecule has 0 saturated carbocycles. The Morgan fingerprint density at radius 1 is 1.53 bits per heavy atom. The smallest absolute Gasteiger partial charge is 0.251 e. The predicted molar refractivity (Wildman–Crippen MR) is 61.7 cm³/mol. The first-order chi connectivity index (χ1) is 8.15. The van der Waals surface area contributed by atoms with E-state index in [1.807, 2.05) is 0 Å². The highest BCUT2D eigenvalue weighted by Gasteiger charge is 2.07. The molecule has 0 aromatic carbocycles. The van der Waals surface area contributed by atoms with Gasteiger partial charge < -0.3 is 9.73 Å². The minimum atomic E-state index is -0.245. The molecular weight excluding hydrogens is 242 g/mol. The van der Waals surface area contributed by atoms with E-state index in [1.54, 1.807) is 19.2 Å². The van der Waals surface area contributed by atoms with E-state index >= 15 is 0 Å². The Labute approximate surface area is 103 Å². The molecule has 0 radical (unpaired) electrons. The van der Waals surface area contributed by atoms with E-state index in [0.29, 0.717) is 17.2 Å². The minimum absolute atomic E-state index is 0.243. The molecule has 88 valence electrons. The molecule has 0 aliphatic rings. The molecule has 0 aliphatic carbocycles. The Bertz CT molecular complexity index is 539. The first-order valence-corrected chi connectivity index (χ1v) is 5.34. The summed E-state index contributed by atoms with van der Waals surface area (Å²) in [7, 11) is 0. The van der Waals surface area contributed by atoms with Crippen molar-refractivity contribution in [3.63, 3.8) is 0 Å². The van der Waals surface area contributed by atoms with Crippen LogP contribution in [0.1, 0.15) is 22.0 Å². The van der Waals surface area contributed by atoms with Crippen LogP contribution < -0.4 is 5.32 Å². The van der Waals surface area contributed by atoms with Crippen molar-refractivity contribution < 1.29 is 9.21 Å². The zero-order valence-corrected chi connectivity index (χ0v) is 9.86. The Morgan fingerprint density at radius 3 is 3.00 bits per heavy atom. The first-order valence-electron chi connectivity index (χ1n) is 4.96. The van der Waals surface area contributed by atoms with Crippen LogP contribution in [-0.4, -0.2) is 15.9 Å². The Morgan fingerprint density at radius 2 is 2.35 bits per heavy atom. The molecular formula is C11H10ClN3O2. The molecule has 1 N–H and O–H groups in total. The minimum Gasteiger partial charge on any atom is -0.444 e. The van der Waals surface area contributed by atoms with Gasteiger partial charge in [0.25, 0.3) is 5.91 Å². The summed E-state index contributed by atoms with van der Waals surface area (Å²) in [5, 5.41) is 2.96. The van der Waals surface area contributed by atoms with Crippen LogP contribution in [0.15, 0.2) is 28.9 Å². The van der Waals surface area contributed by atoms with E-state index < -0.39 is 0 Å². The molecule has 0 spiro atoms. The van der Waals surface area contributed by atoms with Crippen LogP contribution in [0, 0.1) is 6.92 Å². The fourth-order valence-corrected chi connectivity index (χ4v) is 1.46. The lowest BCUT2D eigenvalue weighted by molar-refractivity contribution is 0.0947. The Hall–Kier alpha value is -1.88. The van der Waals surface area contributed by atoms with Crippen molar-refractivity contribution in [3.05, 3.63) is 46.9 Å². The molecule has 0 fully saturated rings. The maximum absolute atomic E-state index is 11.7. The molecule has 17 heavy (non-hydrogen) atoms. The standard InChI is InChI=1S/C11H10ClN3O2/c1-7-5-14-10(17-7)6-15-11(16)8-2-3-13-9(12)4-8/h2-5H,6H2,1H3,(H,15,16). The third-order valence-electron chi connectivity index (χ3n) is 2.06. The van der Waals surface area contributed by atoms with Gasteiger partial charge in [-0.25, -0.2) is 9.97 Å². The lowest BCUT2D eigenvalue weighted by Gasteiger charge is -2.02. The van der Waals surface area contributed by atoms with Gasteiger partial charge in [-0.3, -0.25) is 4.79 Å². The monoisotopic (exact) mass is 251 g/mol. The summed E-state index contributed by atoms with van der Waals surface area (Å²) in [5.74, 6) is 0.933. The number of carbonyl (C=O) groups is 1. The summed E-state index contributed by atoms with van der Waals surface area (Å²) < 4.78 is 5.23. The van der Waals surface area contributed by atoms with Crippen LogP contribution in [-0.2, 0) is 6.54 Å². The van der Waals surface area contributed by atoms with Crippen molar-refractivity contribution >= 4 is 17.5 Å². The molecule has 0 bridgehead atoms. The van der Waals surface area contributed by atoms with E-state index in [0.717, 1.165) is 0 Å². The quantitative estimate of drug-likeness (QED) is 0.847. The summed E-state index contributed by atoms with van der Waals surface area (Å²) in [4.78, 5) is 19.5. The molecule has 2 heterocycles. The normalized spacial score (nSPS) is 10.2. The topological polar surface area (TPSA) is 68.0 Å². The van der Waals surface area contributed by atoms with E-state index in [-0.39, 0.29) is 17.6 Å². The van der Waals surface area contributed by atoms with Gasteiger partial charge in [-0.05, 0) is 19.1 Å². The van der Waals surface area contributed by atoms with Crippen LogP contribution >= 0.6 is 11.6 Å². The lowest BCUT2D eigenvalue weighted by atomic mass is 10.2. The maximum atomic E-state index is 11.7. The average molecular weight is 252 g/mol. The van der Waals surface area contributed by atoms with Crippen molar-refractivity contribution in [3.8, 4) is 0 Å². The highest BCUT2D eigenvalue weighted by Crippen LogP contribution is 2.07. The highest BCUT2D eigenvalue weighted by molar-refractivity contribution is 6.29. The molecule has 2 rings (SSSR count). The number of aryl methyl sites for hydroxylation is 1. The third kappa shape index (κ3) is 3.04. The summed E-state index contributed by atoms with van der Waals surface area (Å²) in [6.45, 7) is 2.04. The second-order valence-corrected chi connectivity index (χ2v) is 3.80. The largest absolute Gasteiger partial charge is 0.444 e. The number of nitrogens with zero attached hydrogens (tertiary/aromatic N) is 2. The van der Waals surface area contributed by atoms with Crippen LogP contribution in [0.4, 0.5) is 0 Å². The van der Waals surface area contributed by atoms with Gasteiger partial charge in [-0.15, -0.1) is 0 Å². The summed E-state index contributed by atoms with van der Waals surface area (Å²) in [5.41, 5.74) is 0.452. The molecule has 0 saturated heterocycles. The van der Waals surface area contributed by atoms with Gasteiger partial charge in [0.05, 0.1) is 12.7 Å². The number of carbonyl (C=O) groups excluding carboxylic acids is 1. The zero-order chi connectivity index (χ0) is 12.3. The van der Waals surface area contributed by atoms with E-state index in [2.05, 4.69) is 15.3 Å². The van der Waals surface area contributed by atoms with Gasteiger partial charge in [0.15, 0.2) is 0 Å². The molecule has 1 amide bonds. The molecule has 5 nitrogen and oxygen atoms in total. The van der Waals surface area contributed by atoms with Gasteiger partial charge >= 0.3 is 0 Å². The SMILES string of the molecule is Cc1cnc(CNC(=O)c2ccnc(Cl)c2)o1. The fourth-order valence-electron chi connectivity index (χ4n) is 1.28. The number of oxazole rings is 1. The summed E-state index contributed by atoms with van der Waals surface area (Å²) in [6, 6.07) is 3.08. The molecule has 0 atom stereocenters. The van der Waals surface area contributed by atoms with Crippen molar-refractivity contribution in [2.45, 2.75) is 13.5 Å². The molecule has 0 unspecified atom stereocenters. The van der Waals surface area contributed by atoms with Crippen molar-refractivity contribution in [1.82, 2.24) is 15.3 Å². The summed E-state index contributed by atoms with van der Waals surface area (Å²) >= 11 is 5.69. The van der Waals surface area contributed by atoms with Gasteiger partial charge in [0.2, 0.25) is 5.89 Å². The van der Waals surface area contributed by atoms with Crippen LogP contribution in [0.5, 0.6) is 0 Å². The molecule has 2 aromatic rings. The number of hydrogen-bond donors (Lipinski definition) is 1. The van der Waals surface area contributed by atoms with E-state index in [1.165, 1.54) is 12.3 Å². The van der Waals surface area contributed by atoms with Crippen molar-refractivity contribution in [2.75, 3.05) is 0 Å². The van der Waals surface area contributed by atoms with Gasteiger partial charge in [-0.1, -0.05) is 11.6 Å². The fraction of sp³-hybridized carbons (Fsp3) is 0.182. The highest BCUT2D eigenvalue weighted by atomic mass is 35.5. The Balaban J connectivity index is 1.98. The molecule has 2 aromatic heterocycles. The summed E-state index contributed by atoms with van der Waals surface area (Å²) in [6.07, 6.45) is 3.08. The third-order valence-corrected chi connectivity index (χ3v) is 2.26. The number of amides is 1. The second kappa shape index (κ2) is 4.97. The number of halogens is 1. The predicted octanol–water partition coefficient (Wildman–Crippen LogP) is 1.96. The Kier molecular flexibility index (Phi) is 3.39. The number of rotatable bonds is 3. The van der Waals surface area contributed by atoms with Crippen molar-refractivity contribution in [1.29, 1.82) is 0 Å². The van der Waals surface area contributed by atoms with Gasteiger partial charge in [0.1, 0.15) is 10.9 Å². The number of nitrogens with one attached hydrogen (secondary N) is 1. The molecule has 0 aliphatic heterocycles. The second-order valence-electron chi connectivity index (χ2n) is 3.41. The average Bonchev–Trinajstić information content (AvgIpc) is 2.72. The number of aromatic nitrogens is 2. The van der Waals surface area contributed by atoms with Crippen molar-refractivity contribution in [2.24, 2.45) is 0 Å². The lowest BCUT2D eigenvalue weighted by Crippen LogP contribution is -2.22. The maximum Gasteiger partial charge on any atom is 0.251 e. The van der Waals surface area contributed by atoms with Crippen LogP contribution in [0.3, 0.4) is 0 Å². The van der Waals surface area contributed by atoms with Gasteiger partial charge in [0, 0.05) is 11.8 Å².